The Morgan fingerprint density at radius 1 is 1.18 bits per heavy atom. The second-order valence-electron chi connectivity index (χ2n) is 5.11. The van der Waals surface area contributed by atoms with Crippen LogP contribution in [-0.4, -0.2) is 17.8 Å². The highest BCUT2D eigenvalue weighted by atomic mass is 16.4. The molecule has 6 heteroatoms. The summed E-state index contributed by atoms with van der Waals surface area (Å²) in [5, 5.41) is 24.3. The molecule has 120 valence electrons. The zero-order valence-corrected chi connectivity index (χ0v) is 12.5. The van der Waals surface area contributed by atoms with Gasteiger partial charge in [-0.15, -0.1) is 0 Å². The standard InChI is InChI=1S/C16H21NO5/c1-2-3-5-11(15(19)20)8-9-14(18)17-13-7-4-6-12(10-13)16(21)22/h4,6-7,10-11H,2-3,5,8-9H2,1H3,(H,17,18)(H,19,20)(H,21,22)/p-2/t11-/m1/s1. The monoisotopic (exact) mass is 305 g/mol. The Morgan fingerprint density at radius 2 is 1.91 bits per heavy atom. The van der Waals surface area contributed by atoms with E-state index in [1.165, 1.54) is 18.2 Å². The number of carboxylic acid groups (broad SMARTS) is 2. The lowest BCUT2D eigenvalue weighted by Gasteiger charge is -2.17. The van der Waals surface area contributed by atoms with Crippen molar-refractivity contribution in [2.75, 3.05) is 5.32 Å². The van der Waals surface area contributed by atoms with Gasteiger partial charge >= 0.3 is 0 Å². The molecule has 1 N–H and O–H groups in total. The van der Waals surface area contributed by atoms with Gasteiger partial charge in [0.15, 0.2) is 0 Å². The van der Waals surface area contributed by atoms with Crippen LogP contribution in [0.4, 0.5) is 5.69 Å². The molecule has 1 amide bonds. The summed E-state index contributed by atoms with van der Waals surface area (Å²) in [6.07, 6.45) is 2.39. The molecule has 0 bridgehead atoms. The van der Waals surface area contributed by atoms with Crippen molar-refractivity contribution < 1.29 is 24.6 Å². The number of carbonyl (C=O) groups is 3. The molecule has 1 aromatic rings. The number of amides is 1. The van der Waals surface area contributed by atoms with Crippen LogP contribution < -0.4 is 15.5 Å². The van der Waals surface area contributed by atoms with Gasteiger partial charge < -0.3 is 25.1 Å². The lowest BCUT2D eigenvalue weighted by molar-refractivity contribution is -0.312. The first-order chi connectivity index (χ1) is 10.4. The van der Waals surface area contributed by atoms with E-state index in [-0.39, 0.29) is 24.3 Å². The lowest BCUT2D eigenvalue weighted by Crippen LogP contribution is -2.32. The average Bonchev–Trinajstić information content (AvgIpc) is 2.47. The third-order valence-corrected chi connectivity index (χ3v) is 3.34. The van der Waals surface area contributed by atoms with Gasteiger partial charge in [0.2, 0.25) is 5.91 Å². The Morgan fingerprint density at radius 3 is 2.50 bits per heavy atom. The largest absolute Gasteiger partial charge is 0.550 e. The minimum Gasteiger partial charge on any atom is -0.550 e. The van der Waals surface area contributed by atoms with E-state index in [1.807, 2.05) is 6.92 Å². The molecule has 0 radical (unpaired) electrons. The van der Waals surface area contributed by atoms with Crippen molar-refractivity contribution in [3.05, 3.63) is 29.8 Å². The number of nitrogens with one attached hydrogen (secondary N) is 1. The first-order valence-electron chi connectivity index (χ1n) is 7.26. The Hall–Kier alpha value is -2.37. The number of unbranched alkanes of at least 4 members (excludes halogenated alkanes) is 1. The van der Waals surface area contributed by atoms with Gasteiger partial charge in [0, 0.05) is 18.1 Å². The normalized spacial score (nSPS) is 11.7. The summed E-state index contributed by atoms with van der Waals surface area (Å²) >= 11 is 0. The van der Waals surface area contributed by atoms with E-state index in [0.717, 1.165) is 12.8 Å². The van der Waals surface area contributed by atoms with E-state index in [2.05, 4.69) is 5.32 Å². The van der Waals surface area contributed by atoms with E-state index >= 15 is 0 Å². The predicted octanol–water partition coefficient (Wildman–Crippen LogP) is 0.325. The summed E-state index contributed by atoms with van der Waals surface area (Å²) in [6.45, 7) is 1.96. The Kier molecular flexibility index (Phi) is 7.08. The molecule has 0 aliphatic carbocycles. The van der Waals surface area contributed by atoms with Crippen molar-refractivity contribution in [1.82, 2.24) is 0 Å². The van der Waals surface area contributed by atoms with Gasteiger partial charge in [0.25, 0.3) is 0 Å². The highest BCUT2D eigenvalue weighted by Gasteiger charge is 2.12. The first kappa shape index (κ1) is 17.7. The zero-order valence-electron chi connectivity index (χ0n) is 12.5. The third-order valence-electron chi connectivity index (χ3n) is 3.34. The molecule has 0 heterocycles. The number of carbonyl (C=O) groups excluding carboxylic acids is 3. The first-order valence-corrected chi connectivity index (χ1v) is 7.26. The van der Waals surface area contributed by atoms with E-state index in [9.17, 15) is 24.6 Å². The second kappa shape index (κ2) is 8.81. The molecule has 0 aliphatic rings. The van der Waals surface area contributed by atoms with E-state index in [1.54, 1.807) is 6.07 Å². The summed E-state index contributed by atoms with van der Waals surface area (Å²) in [4.78, 5) is 33.5. The maximum absolute atomic E-state index is 11.8. The molecule has 0 aromatic heterocycles. The maximum Gasteiger partial charge on any atom is 0.224 e. The number of aliphatic carboxylic acids is 1. The number of hydrogen-bond donors (Lipinski definition) is 1. The van der Waals surface area contributed by atoms with Crippen LogP contribution in [0.2, 0.25) is 0 Å². The molecule has 22 heavy (non-hydrogen) atoms. The molecule has 0 aliphatic heterocycles. The van der Waals surface area contributed by atoms with Crippen molar-refractivity contribution in [2.24, 2.45) is 5.92 Å². The molecular formula is C16H19NO5-2. The smallest absolute Gasteiger partial charge is 0.224 e. The van der Waals surface area contributed by atoms with E-state index < -0.39 is 17.9 Å². The van der Waals surface area contributed by atoms with Crippen molar-refractivity contribution >= 4 is 23.5 Å². The van der Waals surface area contributed by atoms with E-state index in [4.69, 9.17) is 0 Å². The highest BCUT2D eigenvalue weighted by molar-refractivity contribution is 5.93. The van der Waals surface area contributed by atoms with Gasteiger partial charge in [0.05, 0.1) is 5.97 Å². The summed E-state index contributed by atoms with van der Waals surface area (Å²) in [5.74, 6) is -3.47. The molecule has 1 rings (SSSR count). The minimum atomic E-state index is -1.33. The van der Waals surface area contributed by atoms with Crippen molar-refractivity contribution in [2.45, 2.75) is 39.0 Å². The SMILES string of the molecule is CCCC[C@H](CCC(=O)Nc1cccc(C(=O)[O-])c1)C(=O)[O-]. The molecule has 1 atom stereocenters. The van der Waals surface area contributed by atoms with Crippen molar-refractivity contribution in [3.8, 4) is 0 Å². The van der Waals surface area contributed by atoms with Gasteiger partial charge in [-0.1, -0.05) is 31.9 Å². The molecular weight excluding hydrogens is 286 g/mol. The van der Waals surface area contributed by atoms with E-state index in [0.29, 0.717) is 12.1 Å². The fraction of sp³-hybridized carbons (Fsp3) is 0.438. The number of rotatable bonds is 9. The van der Waals surface area contributed by atoms with Gasteiger partial charge in [-0.3, -0.25) is 4.79 Å². The van der Waals surface area contributed by atoms with Crippen LogP contribution in [0.1, 0.15) is 49.4 Å². The number of aromatic carboxylic acids is 1. The van der Waals surface area contributed by atoms with Crippen molar-refractivity contribution in [1.29, 1.82) is 0 Å². The second-order valence-corrected chi connectivity index (χ2v) is 5.11. The van der Waals surface area contributed by atoms with Crippen LogP contribution in [0.25, 0.3) is 0 Å². The van der Waals surface area contributed by atoms with Crippen LogP contribution in [-0.2, 0) is 9.59 Å². The van der Waals surface area contributed by atoms with Gasteiger partial charge in [-0.25, -0.2) is 0 Å². The Balaban J connectivity index is 2.53. The number of hydrogen-bond acceptors (Lipinski definition) is 5. The molecule has 0 unspecified atom stereocenters. The zero-order chi connectivity index (χ0) is 16.5. The topological polar surface area (TPSA) is 109 Å². The number of carboxylic acids is 2. The van der Waals surface area contributed by atoms with Crippen molar-refractivity contribution in [3.63, 3.8) is 0 Å². The predicted molar refractivity (Wildman–Crippen MR) is 76.7 cm³/mol. The fourth-order valence-electron chi connectivity index (χ4n) is 2.08. The molecule has 1 aromatic carbocycles. The number of benzene rings is 1. The molecule has 0 saturated heterocycles. The van der Waals surface area contributed by atoms with Crippen LogP contribution in [0.15, 0.2) is 24.3 Å². The van der Waals surface area contributed by atoms with Crippen LogP contribution in [0, 0.1) is 5.92 Å². The van der Waals surface area contributed by atoms with Crippen LogP contribution in [0.5, 0.6) is 0 Å². The Labute approximate surface area is 129 Å². The highest BCUT2D eigenvalue weighted by Crippen LogP contribution is 2.16. The Bertz CT molecular complexity index is 541. The van der Waals surface area contributed by atoms with Gasteiger partial charge in [-0.2, -0.15) is 0 Å². The van der Waals surface area contributed by atoms with Gasteiger partial charge in [0.1, 0.15) is 0 Å². The van der Waals surface area contributed by atoms with Crippen LogP contribution >= 0.6 is 0 Å². The van der Waals surface area contributed by atoms with Crippen LogP contribution in [0.3, 0.4) is 0 Å². The third kappa shape index (κ3) is 5.95. The molecule has 0 fully saturated rings. The fourth-order valence-corrected chi connectivity index (χ4v) is 2.08. The maximum atomic E-state index is 11.8. The summed E-state index contributed by atoms with van der Waals surface area (Å²) < 4.78 is 0. The molecule has 6 nitrogen and oxygen atoms in total. The minimum absolute atomic E-state index is 0.0339. The lowest BCUT2D eigenvalue weighted by atomic mass is 9.97. The molecule has 0 spiro atoms. The number of anilines is 1. The summed E-state index contributed by atoms with van der Waals surface area (Å²) in [6, 6.07) is 5.70. The summed E-state index contributed by atoms with van der Waals surface area (Å²) in [7, 11) is 0. The van der Waals surface area contributed by atoms with Gasteiger partial charge in [-0.05, 0) is 36.5 Å². The average molecular weight is 305 g/mol. The summed E-state index contributed by atoms with van der Waals surface area (Å²) in [5.41, 5.74) is 0.304. The molecule has 0 saturated carbocycles. The quantitative estimate of drug-likeness (QED) is 0.707.